The van der Waals surface area contributed by atoms with E-state index in [2.05, 4.69) is 179 Å². The third-order valence-corrected chi connectivity index (χ3v) is 12.8. The molecule has 8 aromatic carbocycles. The van der Waals surface area contributed by atoms with Crippen LogP contribution in [-0.2, 0) is 0 Å². The van der Waals surface area contributed by atoms with E-state index in [0.717, 1.165) is 66.6 Å². The molecule has 2 aliphatic rings. The summed E-state index contributed by atoms with van der Waals surface area (Å²) in [5, 5.41) is 9.31. The Morgan fingerprint density at radius 2 is 1.09 bits per heavy atom. The molecular weight excluding hydrogens is 697 g/mol. The molecule has 5 heterocycles. The summed E-state index contributed by atoms with van der Waals surface area (Å²) in [5.41, 5.74) is 13.8. The summed E-state index contributed by atoms with van der Waals surface area (Å²) in [6, 6.07) is 52.4. The average Bonchev–Trinajstić information content (AvgIpc) is 3.91. The highest BCUT2D eigenvalue weighted by Crippen LogP contribution is 2.53. The third-order valence-electron chi connectivity index (χ3n) is 12.8. The molecule has 0 N–H and O–H groups in total. The zero-order valence-corrected chi connectivity index (χ0v) is 30.5. The average molecular weight is 727 g/mol. The van der Waals surface area contributed by atoms with E-state index in [0.29, 0.717) is 0 Å². The molecule has 0 amide bonds. The SMILES string of the molecule is C1=CC2c3ccc4oc5ccc6c7c5c4c3n(c3cccc(c73)n6-c3nc4c5ccccc5c5ccccc5c4nc3-c3ccc(-c4ccccc4)cc3)C2C=C1. The second kappa shape index (κ2) is 10.6. The van der Waals surface area contributed by atoms with Crippen LogP contribution < -0.4 is 0 Å². The first-order chi connectivity index (χ1) is 28.3. The van der Waals surface area contributed by atoms with E-state index in [1.165, 1.54) is 54.5 Å². The lowest BCUT2D eigenvalue weighted by Gasteiger charge is -2.20. The fourth-order valence-corrected chi connectivity index (χ4v) is 10.4. The van der Waals surface area contributed by atoms with E-state index in [1.54, 1.807) is 0 Å². The maximum atomic E-state index is 6.71. The topological polar surface area (TPSA) is 48.8 Å². The monoisotopic (exact) mass is 726 g/mol. The van der Waals surface area contributed by atoms with E-state index in [4.69, 9.17) is 14.4 Å². The van der Waals surface area contributed by atoms with Gasteiger partial charge in [-0.15, -0.1) is 0 Å². The van der Waals surface area contributed by atoms with Crippen molar-refractivity contribution in [1.82, 2.24) is 19.1 Å². The normalized spacial score (nSPS) is 16.3. The lowest BCUT2D eigenvalue weighted by molar-refractivity contribution is 0.614. The number of rotatable bonds is 3. The number of furan rings is 1. The Balaban J connectivity index is 1.16. The smallest absolute Gasteiger partial charge is 0.165 e. The number of allylic oxidation sites excluding steroid dienone is 4. The molecule has 12 aromatic rings. The van der Waals surface area contributed by atoms with Crippen molar-refractivity contribution in [2.24, 2.45) is 0 Å². The molecule has 5 heteroatoms. The molecule has 0 bridgehead atoms. The maximum absolute atomic E-state index is 6.71. The second-order valence-electron chi connectivity index (χ2n) is 15.6. The Morgan fingerprint density at radius 1 is 0.456 bits per heavy atom. The van der Waals surface area contributed by atoms with Gasteiger partial charge in [0.25, 0.3) is 0 Å². The van der Waals surface area contributed by atoms with Crippen LogP contribution in [0.15, 0.2) is 174 Å². The number of nitrogens with zero attached hydrogens (tertiary/aromatic N) is 4. The molecule has 14 rings (SSSR count). The van der Waals surface area contributed by atoms with Crippen LogP contribution in [0.4, 0.5) is 0 Å². The molecule has 5 nitrogen and oxygen atoms in total. The number of hydrogen-bond acceptors (Lipinski definition) is 3. The van der Waals surface area contributed by atoms with Crippen LogP contribution in [0.2, 0.25) is 0 Å². The predicted molar refractivity (Wildman–Crippen MR) is 234 cm³/mol. The molecular formula is C52H30N4O. The minimum absolute atomic E-state index is 0.164. The van der Waals surface area contributed by atoms with Crippen LogP contribution in [0.1, 0.15) is 17.5 Å². The van der Waals surface area contributed by atoms with Gasteiger partial charge in [0, 0.05) is 38.4 Å². The summed E-state index contributed by atoms with van der Waals surface area (Å²) < 4.78 is 11.7. The van der Waals surface area contributed by atoms with E-state index in [9.17, 15) is 0 Å². The van der Waals surface area contributed by atoms with Crippen LogP contribution in [-0.4, -0.2) is 19.1 Å². The fourth-order valence-electron chi connectivity index (χ4n) is 10.4. The van der Waals surface area contributed by atoms with E-state index >= 15 is 0 Å². The molecule has 0 radical (unpaired) electrons. The van der Waals surface area contributed by atoms with Gasteiger partial charge in [-0.05, 0) is 57.8 Å². The van der Waals surface area contributed by atoms with Crippen molar-refractivity contribution in [3.05, 3.63) is 175 Å². The first-order valence-electron chi connectivity index (χ1n) is 19.7. The highest BCUT2D eigenvalue weighted by Gasteiger charge is 2.36. The number of aromatic nitrogens is 4. The van der Waals surface area contributed by atoms with Crippen molar-refractivity contribution in [1.29, 1.82) is 0 Å². The predicted octanol–water partition coefficient (Wildman–Crippen LogP) is 13.4. The largest absolute Gasteiger partial charge is 0.456 e. The first kappa shape index (κ1) is 29.8. The molecule has 0 saturated carbocycles. The van der Waals surface area contributed by atoms with Crippen molar-refractivity contribution < 1.29 is 4.42 Å². The highest BCUT2D eigenvalue weighted by atomic mass is 16.3. The van der Waals surface area contributed by atoms with Gasteiger partial charge in [0.05, 0.1) is 44.5 Å². The molecule has 0 saturated heterocycles. The Labute approximate surface area is 325 Å². The van der Waals surface area contributed by atoms with Crippen molar-refractivity contribution in [3.63, 3.8) is 0 Å². The minimum atomic E-state index is 0.164. The first-order valence-corrected chi connectivity index (χ1v) is 19.7. The zero-order valence-electron chi connectivity index (χ0n) is 30.5. The number of hydrogen-bond donors (Lipinski definition) is 0. The van der Waals surface area contributed by atoms with Gasteiger partial charge in [-0.2, -0.15) is 0 Å². The molecule has 57 heavy (non-hydrogen) atoms. The quantitative estimate of drug-likeness (QED) is 0.170. The van der Waals surface area contributed by atoms with Gasteiger partial charge in [-0.3, -0.25) is 4.57 Å². The van der Waals surface area contributed by atoms with Gasteiger partial charge >= 0.3 is 0 Å². The Morgan fingerprint density at radius 3 is 1.89 bits per heavy atom. The molecule has 0 fully saturated rings. The lowest BCUT2D eigenvalue weighted by atomic mass is 9.90. The molecule has 264 valence electrons. The Hall–Kier alpha value is -7.50. The van der Waals surface area contributed by atoms with Crippen LogP contribution in [0.25, 0.3) is 116 Å². The van der Waals surface area contributed by atoms with Crippen LogP contribution >= 0.6 is 0 Å². The minimum Gasteiger partial charge on any atom is -0.456 e. The molecule has 2 unspecified atom stereocenters. The van der Waals surface area contributed by atoms with Gasteiger partial charge in [0.1, 0.15) is 16.9 Å². The molecule has 0 spiro atoms. The number of fused-ring (bicyclic) bond motifs is 10. The van der Waals surface area contributed by atoms with Gasteiger partial charge < -0.3 is 8.98 Å². The summed E-state index contributed by atoms with van der Waals surface area (Å²) in [5.74, 6) is 1.07. The fraction of sp³-hybridized carbons (Fsp3) is 0.0385. The van der Waals surface area contributed by atoms with Crippen molar-refractivity contribution >= 4 is 87.4 Å². The second-order valence-corrected chi connectivity index (χ2v) is 15.6. The molecule has 4 aromatic heterocycles. The number of benzene rings is 8. The highest BCUT2D eigenvalue weighted by molar-refractivity contribution is 6.34. The van der Waals surface area contributed by atoms with Gasteiger partial charge in [-0.25, -0.2) is 9.97 Å². The van der Waals surface area contributed by atoms with Crippen LogP contribution in [0, 0.1) is 0 Å². The summed E-state index contributed by atoms with van der Waals surface area (Å²) in [7, 11) is 0. The maximum Gasteiger partial charge on any atom is 0.165 e. The van der Waals surface area contributed by atoms with Crippen molar-refractivity contribution in [2.75, 3.05) is 0 Å². The van der Waals surface area contributed by atoms with Crippen molar-refractivity contribution in [2.45, 2.75) is 12.0 Å². The lowest BCUT2D eigenvalue weighted by Crippen LogP contribution is -2.09. The molecule has 1 aliphatic heterocycles. The molecule has 1 aliphatic carbocycles. The van der Waals surface area contributed by atoms with E-state index < -0.39 is 0 Å². The summed E-state index contributed by atoms with van der Waals surface area (Å²) >= 11 is 0. The summed E-state index contributed by atoms with van der Waals surface area (Å²) in [6.07, 6.45) is 9.10. The van der Waals surface area contributed by atoms with Gasteiger partial charge in [0.2, 0.25) is 0 Å². The van der Waals surface area contributed by atoms with E-state index in [-0.39, 0.29) is 12.0 Å². The zero-order chi connectivity index (χ0) is 36.9. The summed E-state index contributed by atoms with van der Waals surface area (Å²) in [4.78, 5) is 11.5. The Kier molecular flexibility index (Phi) is 5.55. The molecule has 2 atom stereocenters. The third kappa shape index (κ3) is 3.74. The summed E-state index contributed by atoms with van der Waals surface area (Å²) in [6.45, 7) is 0. The standard InChI is InChI=1S/C52H30N4O/c1-2-11-29(12-3-1)30-21-23-31(24-22-30)48-52(54-50-36-17-7-5-14-33(36)32-13-4-6-16-35(32)49(50)53-48)56-40-20-10-19-39-44(40)45-41(56)26-28-42-46(45)47-43(57-42)27-25-37-34-15-8-9-18-38(34)55(39)51(37)47/h1-28,34,38H. The van der Waals surface area contributed by atoms with Crippen LogP contribution in [0.3, 0.4) is 0 Å². The van der Waals surface area contributed by atoms with Crippen LogP contribution in [0.5, 0.6) is 0 Å². The van der Waals surface area contributed by atoms with Crippen molar-refractivity contribution in [3.8, 4) is 28.2 Å². The van der Waals surface area contributed by atoms with Gasteiger partial charge in [-0.1, -0.05) is 140 Å². The van der Waals surface area contributed by atoms with E-state index in [1.807, 2.05) is 0 Å². The van der Waals surface area contributed by atoms with Gasteiger partial charge in [0.15, 0.2) is 5.82 Å². The Bertz CT molecular complexity index is 3750.